The molecule has 0 saturated heterocycles. The van der Waals surface area contributed by atoms with Crippen molar-refractivity contribution in [2.24, 2.45) is 11.8 Å². The topological polar surface area (TPSA) is 61.3 Å². The van der Waals surface area contributed by atoms with Gasteiger partial charge >= 0.3 is 12.1 Å². The minimum Gasteiger partial charge on any atom is -0.465 e. The van der Waals surface area contributed by atoms with Crippen molar-refractivity contribution in [2.45, 2.75) is 13.1 Å². The number of allylic oxidation sites excluding steroid dienone is 3. The summed E-state index contributed by atoms with van der Waals surface area (Å²) in [5, 5.41) is -0.297. The molecule has 0 radical (unpaired) electrons. The lowest BCUT2D eigenvalue weighted by atomic mass is 9.88. The van der Waals surface area contributed by atoms with E-state index < -0.39 is 41.4 Å². The van der Waals surface area contributed by atoms with Gasteiger partial charge in [0.2, 0.25) is 5.88 Å². The first-order chi connectivity index (χ1) is 11.2. The molecule has 2 rings (SSSR count). The average molecular weight is 367 g/mol. The summed E-state index contributed by atoms with van der Waals surface area (Å²) in [7, 11) is 1.08. The van der Waals surface area contributed by atoms with Crippen molar-refractivity contribution < 1.29 is 31.8 Å². The summed E-state index contributed by atoms with van der Waals surface area (Å²) in [5.41, 5.74) is -0.360. The van der Waals surface area contributed by atoms with Crippen molar-refractivity contribution in [3.63, 3.8) is 0 Å². The predicted molar refractivity (Wildman–Crippen MR) is 75.0 cm³/mol. The van der Waals surface area contributed by atoms with Crippen LogP contribution in [0, 0.1) is 11.8 Å². The van der Waals surface area contributed by atoms with E-state index in [1.807, 2.05) is 0 Å². The second-order valence-electron chi connectivity index (χ2n) is 4.87. The highest BCUT2D eigenvalue weighted by Gasteiger charge is 2.45. The molecule has 2 unspecified atom stereocenters. The Hall–Kier alpha value is -2.16. The van der Waals surface area contributed by atoms with Gasteiger partial charge in [0.15, 0.2) is 16.5 Å². The van der Waals surface area contributed by atoms with Crippen LogP contribution in [-0.4, -0.2) is 29.2 Å². The molecule has 1 aliphatic carbocycles. The molecule has 1 aromatic rings. The first-order valence-corrected chi connectivity index (χ1v) is 6.95. The first-order valence-electron chi connectivity index (χ1n) is 6.58. The fourth-order valence-electron chi connectivity index (χ4n) is 2.10. The highest BCUT2D eigenvalue weighted by atomic mass is 35.5. The van der Waals surface area contributed by atoms with Crippen molar-refractivity contribution in [2.75, 3.05) is 7.11 Å². The molecule has 0 aromatic carbocycles. The van der Waals surface area contributed by atoms with Crippen LogP contribution in [0.3, 0.4) is 0 Å². The monoisotopic (exact) mass is 366 g/mol. The second-order valence-corrected chi connectivity index (χ2v) is 5.22. The van der Waals surface area contributed by atoms with Crippen LogP contribution < -0.4 is 4.74 Å². The van der Waals surface area contributed by atoms with Crippen molar-refractivity contribution in [1.29, 1.82) is 0 Å². The standard InChI is InChI=1S/C14H11ClF4N2O3/c1-6-7(14(17,18)19)3-4-8(10(6)16)24-12-9(13(22)23-2)11(15)20-5-21-12/h3-7H,1-2H3. The molecule has 0 fully saturated rings. The zero-order valence-electron chi connectivity index (χ0n) is 12.4. The summed E-state index contributed by atoms with van der Waals surface area (Å²) < 4.78 is 62.3. The van der Waals surface area contributed by atoms with Gasteiger partial charge in [-0.05, 0) is 6.08 Å². The number of halogens is 5. The number of hydrogen-bond acceptors (Lipinski definition) is 5. The second kappa shape index (κ2) is 6.76. The Bertz CT molecular complexity index is 718. The summed E-state index contributed by atoms with van der Waals surface area (Å²) in [5.74, 6) is -6.43. The van der Waals surface area contributed by atoms with E-state index in [0.717, 1.165) is 32.5 Å². The molecule has 5 nitrogen and oxygen atoms in total. The molecule has 1 aromatic heterocycles. The number of carbonyl (C=O) groups excluding carboxylic acids is 1. The quantitative estimate of drug-likeness (QED) is 0.462. The summed E-state index contributed by atoms with van der Waals surface area (Å²) in [6, 6.07) is 0. The van der Waals surface area contributed by atoms with Gasteiger partial charge in [0.25, 0.3) is 0 Å². The summed E-state index contributed by atoms with van der Waals surface area (Å²) in [6.07, 6.45) is -2.01. The number of alkyl halides is 3. The SMILES string of the molecule is COC(=O)c1c(Cl)ncnc1OC1=C(F)C(C)C(C(F)(F)F)C=C1. The minimum atomic E-state index is -4.59. The van der Waals surface area contributed by atoms with E-state index in [2.05, 4.69) is 14.7 Å². The van der Waals surface area contributed by atoms with Crippen molar-refractivity contribution in [1.82, 2.24) is 9.97 Å². The molecule has 1 aliphatic rings. The van der Waals surface area contributed by atoms with Crippen LogP contribution in [0.4, 0.5) is 17.6 Å². The third kappa shape index (κ3) is 3.50. The summed E-state index contributed by atoms with van der Waals surface area (Å²) in [4.78, 5) is 18.9. The van der Waals surface area contributed by atoms with E-state index in [9.17, 15) is 22.4 Å². The molecule has 0 saturated carbocycles. The van der Waals surface area contributed by atoms with E-state index >= 15 is 0 Å². The third-order valence-electron chi connectivity index (χ3n) is 3.37. The van der Waals surface area contributed by atoms with E-state index in [4.69, 9.17) is 16.3 Å². The molecule has 0 spiro atoms. The van der Waals surface area contributed by atoms with Gasteiger partial charge in [-0.15, -0.1) is 0 Å². The Kier molecular flexibility index (Phi) is 5.12. The largest absolute Gasteiger partial charge is 0.465 e. The van der Waals surface area contributed by atoms with Gasteiger partial charge in [0, 0.05) is 5.92 Å². The third-order valence-corrected chi connectivity index (χ3v) is 3.66. The highest BCUT2D eigenvalue weighted by Crippen LogP contribution is 2.41. The van der Waals surface area contributed by atoms with Crippen LogP contribution in [0.2, 0.25) is 5.15 Å². The first kappa shape index (κ1) is 18.2. The zero-order chi connectivity index (χ0) is 18.1. The average Bonchev–Trinajstić information content (AvgIpc) is 2.50. The summed E-state index contributed by atoms with van der Waals surface area (Å²) >= 11 is 5.76. The molecule has 2 atom stereocenters. The van der Waals surface area contributed by atoms with Crippen LogP contribution in [0.15, 0.2) is 30.1 Å². The maximum Gasteiger partial charge on any atom is 0.395 e. The molecule has 0 amide bonds. The minimum absolute atomic E-state index is 0.297. The van der Waals surface area contributed by atoms with Crippen molar-refractivity contribution in [3.8, 4) is 5.88 Å². The Labute approximate surface area is 138 Å². The van der Waals surface area contributed by atoms with Crippen LogP contribution in [0.1, 0.15) is 17.3 Å². The number of esters is 1. The molecule has 130 valence electrons. The van der Waals surface area contributed by atoms with Gasteiger partial charge < -0.3 is 9.47 Å². The van der Waals surface area contributed by atoms with Crippen molar-refractivity contribution in [3.05, 3.63) is 40.8 Å². The van der Waals surface area contributed by atoms with E-state index in [1.54, 1.807) is 0 Å². The molecule has 0 bridgehead atoms. The maximum absolute atomic E-state index is 14.2. The smallest absolute Gasteiger partial charge is 0.395 e. The van der Waals surface area contributed by atoms with Crippen LogP contribution in [-0.2, 0) is 4.74 Å². The fraction of sp³-hybridized carbons (Fsp3) is 0.357. The summed E-state index contributed by atoms with van der Waals surface area (Å²) in [6.45, 7) is 1.08. The van der Waals surface area contributed by atoms with Crippen LogP contribution in [0.5, 0.6) is 5.88 Å². The van der Waals surface area contributed by atoms with Gasteiger partial charge in [-0.1, -0.05) is 24.6 Å². The number of rotatable bonds is 3. The lowest BCUT2D eigenvalue weighted by molar-refractivity contribution is -0.171. The highest BCUT2D eigenvalue weighted by molar-refractivity contribution is 6.32. The molecule has 1 heterocycles. The zero-order valence-corrected chi connectivity index (χ0v) is 13.2. The van der Waals surface area contributed by atoms with Gasteiger partial charge in [0.05, 0.1) is 13.0 Å². The number of aromatic nitrogens is 2. The number of nitrogens with zero attached hydrogens (tertiary/aromatic N) is 2. The molecular formula is C14H11ClF4N2O3. The molecule has 0 N–H and O–H groups in total. The fourth-order valence-corrected chi connectivity index (χ4v) is 2.30. The van der Waals surface area contributed by atoms with Crippen LogP contribution in [0.25, 0.3) is 0 Å². The number of ether oxygens (including phenoxy) is 2. The van der Waals surface area contributed by atoms with Gasteiger partial charge in [-0.25, -0.2) is 19.2 Å². The number of hydrogen-bond donors (Lipinski definition) is 0. The van der Waals surface area contributed by atoms with Gasteiger partial charge in [0.1, 0.15) is 12.2 Å². The Balaban J connectivity index is 2.37. The number of methoxy groups -OCH3 is 1. The van der Waals surface area contributed by atoms with E-state index in [-0.39, 0.29) is 10.7 Å². The lowest BCUT2D eigenvalue weighted by Crippen LogP contribution is -2.30. The Morgan fingerprint density at radius 2 is 2.00 bits per heavy atom. The molecule has 10 heteroatoms. The van der Waals surface area contributed by atoms with E-state index in [1.165, 1.54) is 0 Å². The normalized spacial score (nSPS) is 21.0. The molecular weight excluding hydrogens is 356 g/mol. The van der Waals surface area contributed by atoms with Gasteiger partial charge in [-0.2, -0.15) is 13.2 Å². The lowest BCUT2D eigenvalue weighted by Gasteiger charge is -2.26. The van der Waals surface area contributed by atoms with Gasteiger partial charge in [-0.3, -0.25) is 0 Å². The predicted octanol–water partition coefficient (Wildman–Crippen LogP) is 3.86. The van der Waals surface area contributed by atoms with E-state index in [0.29, 0.717) is 0 Å². The van der Waals surface area contributed by atoms with Crippen LogP contribution >= 0.6 is 11.6 Å². The maximum atomic E-state index is 14.2. The van der Waals surface area contributed by atoms with Crippen molar-refractivity contribution >= 4 is 17.6 Å². The Morgan fingerprint density at radius 1 is 1.33 bits per heavy atom. The molecule has 0 aliphatic heterocycles. The molecule has 24 heavy (non-hydrogen) atoms. The Morgan fingerprint density at radius 3 is 2.58 bits per heavy atom. The number of carbonyl (C=O) groups is 1.